The van der Waals surface area contributed by atoms with Gasteiger partial charge in [0.2, 0.25) is 0 Å². The van der Waals surface area contributed by atoms with Crippen molar-refractivity contribution < 1.29 is 4.79 Å². The molecule has 0 saturated heterocycles. The molecule has 0 aromatic heterocycles. The smallest absolute Gasteiger partial charge is 0.315 e. The second-order valence-electron chi connectivity index (χ2n) is 6.85. The Balaban J connectivity index is 2.44. The Hall–Kier alpha value is -0.770. The van der Waals surface area contributed by atoms with E-state index in [0.717, 1.165) is 38.6 Å². The average molecular weight is 255 g/mol. The van der Waals surface area contributed by atoms with Crippen LogP contribution in [0.25, 0.3) is 0 Å². The average Bonchev–Trinajstić information content (AvgIpc) is 2.12. The van der Waals surface area contributed by atoms with Crippen molar-refractivity contribution in [1.29, 1.82) is 0 Å². The first-order valence-corrected chi connectivity index (χ1v) is 7.07. The Morgan fingerprint density at radius 3 is 2.56 bits per heavy atom. The Bertz CT molecular complexity index is 271. The molecule has 0 aromatic carbocycles. The van der Waals surface area contributed by atoms with Crippen molar-refractivity contribution in [3.05, 3.63) is 0 Å². The van der Waals surface area contributed by atoms with Crippen LogP contribution in [0, 0.1) is 5.41 Å². The number of amides is 2. The maximum atomic E-state index is 11.7. The largest absolute Gasteiger partial charge is 0.338 e. The van der Waals surface area contributed by atoms with Gasteiger partial charge >= 0.3 is 6.03 Å². The minimum atomic E-state index is -0.177. The van der Waals surface area contributed by atoms with E-state index in [1.54, 1.807) is 0 Å². The Morgan fingerprint density at radius 1 is 1.33 bits per heavy atom. The zero-order valence-corrected chi connectivity index (χ0v) is 12.3. The minimum absolute atomic E-state index is 0.0537. The zero-order valence-electron chi connectivity index (χ0n) is 12.3. The van der Waals surface area contributed by atoms with Crippen LogP contribution in [0.15, 0.2) is 0 Å². The number of nitrogens with one attached hydrogen (secondary N) is 2. The molecule has 2 unspecified atom stereocenters. The van der Waals surface area contributed by atoms with Gasteiger partial charge in [-0.1, -0.05) is 27.2 Å². The third kappa shape index (κ3) is 5.25. The highest BCUT2D eigenvalue weighted by atomic mass is 16.2. The van der Waals surface area contributed by atoms with Crippen LogP contribution in [-0.4, -0.2) is 24.2 Å². The van der Waals surface area contributed by atoms with Crippen LogP contribution >= 0.6 is 0 Å². The second-order valence-corrected chi connectivity index (χ2v) is 6.85. The molecule has 2 amide bonds. The molecule has 1 aliphatic carbocycles. The first-order valence-electron chi connectivity index (χ1n) is 7.07. The van der Waals surface area contributed by atoms with Crippen LogP contribution in [0.2, 0.25) is 0 Å². The lowest BCUT2D eigenvalue weighted by molar-refractivity contribution is 0.130. The molecular formula is C14H29N3O. The van der Waals surface area contributed by atoms with E-state index < -0.39 is 0 Å². The van der Waals surface area contributed by atoms with Crippen molar-refractivity contribution in [2.75, 3.05) is 6.54 Å². The summed E-state index contributed by atoms with van der Waals surface area (Å²) in [5.74, 6) is 0. The van der Waals surface area contributed by atoms with Crippen LogP contribution in [-0.2, 0) is 0 Å². The van der Waals surface area contributed by atoms with Gasteiger partial charge < -0.3 is 16.4 Å². The van der Waals surface area contributed by atoms with E-state index in [1.807, 2.05) is 0 Å². The van der Waals surface area contributed by atoms with E-state index in [0.29, 0.717) is 0 Å². The lowest BCUT2D eigenvalue weighted by atomic mass is 9.67. The number of urea groups is 1. The predicted octanol–water partition coefficient (Wildman–Crippen LogP) is 2.38. The summed E-state index contributed by atoms with van der Waals surface area (Å²) in [5.41, 5.74) is 6.29. The van der Waals surface area contributed by atoms with Crippen LogP contribution < -0.4 is 16.4 Å². The molecule has 1 fully saturated rings. The van der Waals surface area contributed by atoms with Gasteiger partial charge in [-0.15, -0.1) is 0 Å². The zero-order chi connectivity index (χ0) is 13.8. The first-order chi connectivity index (χ1) is 8.24. The molecule has 0 bridgehead atoms. The molecule has 18 heavy (non-hydrogen) atoms. The van der Waals surface area contributed by atoms with Gasteiger partial charge in [-0.2, -0.15) is 0 Å². The summed E-state index contributed by atoms with van der Waals surface area (Å²) in [6.45, 7) is 9.39. The lowest BCUT2D eigenvalue weighted by Crippen LogP contribution is -2.55. The number of hydrogen-bond acceptors (Lipinski definition) is 2. The molecule has 1 rings (SSSR count). The number of carbonyl (C=O) groups is 1. The Kier molecular flexibility index (Phi) is 5.02. The summed E-state index contributed by atoms with van der Waals surface area (Å²) in [5, 5.41) is 5.95. The first kappa shape index (κ1) is 15.3. The van der Waals surface area contributed by atoms with E-state index in [9.17, 15) is 4.79 Å². The SMILES string of the molecule is CCCCNC(=O)NC1CC(C)(C)CC(C)(N)C1. The fourth-order valence-corrected chi connectivity index (χ4v) is 3.26. The fraction of sp³-hybridized carbons (Fsp3) is 0.929. The van der Waals surface area contributed by atoms with Gasteiger partial charge in [0.25, 0.3) is 0 Å². The standard InChI is InChI=1S/C14H29N3O/c1-5-6-7-16-12(18)17-11-8-13(2,3)10-14(4,15)9-11/h11H,5-10,15H2,1-4H3,(H2,16,17,18). The normalized spacial score (nSPS) is 30.8. The summed E-state index contributed by atoms with van der Waals surface area (Å²) in [7, 11) is 0. The number of nitrogens with two attached hydrogens (primary N) is 1. The predicted molar refractivity (Wildman–Crippen MR) is 75.5 cm³/mol. The topological polar surface area (TPSA) is 67.2 Å². The molecule has 0 aliphatic heterocycles. The van der Waals surface area contributed by atoms with Crippen molar-refractivity contribution in [1.82, 2.24) is 10.6 Å². The Labute approximate surface area is 111 Å². The molecule has 0 aromatic rings. The minimum Gasteiger partial charge on any atom is -0.338 e. The van der Waals surface area contributed by atoms with Gasteiger partial charge in [0, 0.05) is 18.1 Å². The van der Waals surface area contributed by atoms with Gasteiger partial charge in [0.15, 0.2) is 0 Å². The molecule has 1 aliphatic rings. The van der Waals surface area contributed by atoms with Gasteiger partial charge in [-0.05, 0) is 38.0 Å². The molecule has 106 valence electrons. The molecule has 1 saturated carbocycles. The van der Waals surface area contributed by atoms with E-state index in [-0.39, 0.29) is 23.0 Å². The lowest BCUT2D eigenvalue weighted by Gasteiger charge is -2.44. The molecule has 2 atom stereocenters. The third-order valence-electron chi connectivity index (χ3n) is 3.55. The molecule has 0 spiro atoms. The number of hydrogen-bond donors (Lipinski definition) is 3. The van der Waals surface area contributed by atoms with Crippen LogP contribution in [0.3, 0.4) is 0 Å². The summed E-state index contributed by atoms with van der Waals surface area (Å²) in [4.78, 5) is 11.7. The summed E-state index contributed by atoms with van der Waals surface area (Å²) in [6.07, 6.45) is 4.99. The number of rotatable bonds is 4. The maximum absolute atomic E-state index is 11.7. The van der Waals surface area contributed by atoms with Crippen molar-refractivity contribution in [2.24, 2.45) is 11.1 Å². The van der Waals surface area contributed by atoms with Gasteiger partial charge in [0.05, 0.1) is 0 Å². The van der Waals surface area contributed by atoms with E-state index >= 15 is 0 Å². The van der Waals surface area contributed by atoms with Crippen LogP contribution in [0.4, 0.5) is 4.79 Å². The molecule has 0 radical (unpaired) electrons. The van der Waals surface area contributed by atoms with Crippen molar-refractivity contribution in [3.63, 3.8) is 0 Å². The van der Waals surface area contributed by atoms with Crippen molar-refractivity contribution in [3.8, 4) is 0 Å². The quantitative estimate of drug-likeness (QED) is 0.675. The summed E-state index contributed by atoms with van der Waals surface area (Å²) in [6, 6.07) is 0.132. The van der Waals surface area contributed by atoms with Crippen molar-refractivity contribution in [2.45, 2.75) is 71.4 Å². The van der Waals surface area contributed by atoms with Crippen LogP contribution in [0.1, 0.15) is 59.8 Å². The second kappa shape index (κ2) is 5.91. The molecule has 4 nitrogen and oxygen atoms in total. The molecule has 4 heteroatoms. The monoisotopic (exact) mass is 255 g/mol. The van der Waals surface area contributed by atoms with E-state index in [4.69, 9.17) is 5.73 Å². The fourth-order valence-electron chi connectivity index (χ4n) is 3.26. The van der Waals surface area contributed by atoms with E-state index in [1.165, 1.54) is 0 Å². The number of carbonyl (C=O) groups excluding carboxylic acids is 1. The Morgan fingerprint density at radius 2 is 2.00 bits per heavy atom. The maximum Gasteiger partial charge on any atom is 0.315 e. The highest BCUT2D eigenvalue weighted by molar-refractivity contribution is 5.74. The van der Waals surface area contributed by atoms with Crippen LogP contribution in [0.5, 0.6) is 0 Å². The number of unbranched alkanes of at least 4 members (excludes halogenated alkanes) is 1. The van der Waals surface area contributed by atoms with E-state index in [2.05, 4.69) is 38.3 Å². The molecule has 0 heterocycles. The third-order valence-corrected chi connectivity index (χ3v) is 3.55. The highest BCUT2D eigenvalue weighted by Crippen LogP contribution is 2.39. The molecule has 4 N–H and O–H groups in total. The summed E-state index contributed by atoms with van der Waals surface area (Å²) >= 11 is 0. The highest BCUT2D eigenvalue weighted by Gasteiger charge is 2.39. The summed E-state index contributed by atoms with van der Waals surface area (Å²) < 4.78 is 0. The molecular weight excluding hydrogens is 226 g/mol. The van der Waals surface area contributed by atoms with Gasteiger partial charge in [0.1, 0.15) is 0 Å². The van der Waals surface area contributed by atoms with Crippen molar-refractivity contribution >= 4 is 6.03 Å². The van der Waals surface area contributed by atoms with Gasteiger partial charge in [-0.25, -0.2) is 4.79 Å². The van der Waals surface area contributed by atoms with Gasteiger partial charge in [-0.3, -0.25) is 0 Å².